The monoisotopic (exact) mass is 513 g/mol. The van der Waals surface area contributed by atoms with Crippen molar-refractivity contribution < 1.29 is 23.9 Å². The highest BCUT2D eigenvalue weighted by Crippen LogP contribution is 2.36. The fourth-order valence-corrected chi connectivity index (χ4v) is 5.47. The van der Waals surface area contributed by atoms with Gasteiger partial charge in [0.05, 0.1) is 18.9 Å². The first-order chi connectivity index (χ1) is 17.6. The van der Waals surface area contributed by atoms with Crippen LogP contribution in [0.5, 0.6) is 0 Å². The van der Waals surface area contributed by atoms with Crippen molar-refractivity contribution in [2.75, 3.05) is 64.5 Å². The lowest BCUT2D eigenvalue weighted by atomic mass is 9.91. The molecular formula is C27H39N5O5. The van der Waals surface area contributed by atoms with Crippen molar-refractivity contribution >= 4 is 29.0 Å². The minimum absolute atomic E-state index is 0.0314. The number of ketones is 1. The number of likely N-dealkylation sites (tertiary alicyclic amines) is 1. The number of methoxy groups -OCH3 is 1. The van der Waals surface area contributed by atoms with E-state index in [1.807, 2.05) is 26.0 Å². The topological polar surface area (TPSA) is 115 Å². The molecule has 2 amide bonds. The highest BCUT2D eigenvalue weighted by Gasteiger charge is 2.60. The largest absolute Gasteiger partial charge is 0.383 e. The van der Waals surface area contributed by atoms with Gasteiger partial charge in [-0.1, -0.05) is 13.8 Å². The standard InChI is InChI=1S/C27H39N5O5/c1-18(2)15-22(26(35)32-16-21(28)24-27(32,3)23(33)17-37-24)29-25(34)19-5-7-20(8-6-19)31-11-9-30(10-12-31)13-14-36-4/h5-8,18,22,24,28H,9-17H2,1-4H3,(H,29,34)/t22-,24+,27?/m0/s1. The molecule has 3 saturated heterocycles. The maximum Gasteiger partial charge on any atom is 0.251 e. The summed E-state index contributed by atoms with van der Waals surface area (Å²) in [5.41, 5.74) is 0.560. The van der Waals surface area contributed by atoms with Gasteiger partial charge in [0.25, 0.3) is 5.91 Å². The van der Waals surface area contributed by atoms with E-state index in [1.165, 1.54) is 4.90 Å². The number of hydrogen-bond acceptors (Lipinski definition) is 8. The molecule has 4 rings (SSSR count). The molecule has 0 bridgehead atoms. The predicted molar refractivity (Wildman–Crippen MR) is 140 cm³/mol. The molecule has 1 aromatic carbocycles. The van der Waals surface area contributed by atoms with Crippen LogP contribution in [0.4, 0.5) is 5.69 Å². The summed E-state index contributed by atoms with van der Waals surface area (Å²) < 4.78 is 10.7. The maximum absolute atomic E-state index is 13.6. The lowest BCUT2D eigenvalue weighted by molar-refractivity contribution is -0.143. The molecular weight excluding hydrogens is 474 g/mol. The summed E-state index contributed by atoms with van der Waals surface area (Å²) in [6, 6.07) is 6.66. The number of benzene rings is 1. The third kappa shape index (κ3) is 5.56. The normalized spacial score (nSPS) is 25.1. The fourth-order valence-electron chi connectivity index (χ4n) is 5.47. The summed E-state index contributed by atoms with van der Waals surface area (Å²) in [7, 11) is 1.72. The molecule has 3 atom stereocenters. The predicted octanol–water partition coefficient (Wildman–Crippen LogP) is 1.19. The van der Waals surface area contributed by atoms with Crippen molar-refractivity contribution in [2.45, 2.75) is 44.9 Å². The number of hydrogen-bond donors (Lipinski definition) is 2. The Balaban J connectivity index is 1.41. The van der Waals surface area contributed by atoms with Crippen molar-refractivity contribution in [1.82, 2.24) is 15.1 Å². The van der Waals surface area contributed by atoms with Crippen LogP contribution in [0.1, 0.15) is 37.6 Å². The number of nitrogens with zero attached hydrogens (tertiary/aromatic N) is 3. The summed E-state index contributed by atoms with van der Waals surface area (Å²) in [5.74, 6) is -0.753. The molecule has 2 N–H and O–H groups in total. The molecule has 0 spiro atoms. The van der Waals surface area contributed by atoms with Crippen LogP contribution >= 0.6 is 0 Å². The number of nitrogens with one attached hydrogen (secondary N) is 2. The average Bonchev–Trinajstić information content (AvgIpc) is 3.33. The molecule has 3 heterocycles. The molecule has 0 saturated carbocycles. The number of carbonyl (C=O) groups excluding carboxylic acids is 3. The summed E-state index contributed by atoms with van der Waals surface area (Å²) in [4.78, 5) is 45.6. The van der Waals surface area contributed by atoms with Crippen molar-refractivity contribution in [3.63, 3.8) is 0 Å². The van der Waals surface area contributed by atoms with Crippen LogP contribution in [0.15, 0.2) is 24.3 Å². The molecule has 3 aliphatic heterocycles. The van der Waals surface area contributed by atoms with E-state index in [0.29, 0.717) is 12.0 Å². The third-order valence-electron chi connectivity index (χ3n) is 7.72. The zero-order valence-electron chi connectivity index (χ0n) is 22.3. The van der Waals surface area contributed by atoms with Crippen molar-refractivity contribution in [3.8, 4) is 0 Å². The van der Waals surface area contributed by atoms with Gasteiger partial charge in [-0.3, -0.25) is 19.3 Å². The number of fused-ring (bicyclic) bond motifs is 1. The number of rotatable bonds is 9. The van der Waals surface area contributed by atoms with Crippen LogP contribution < -0.4 is 10.2 Å². The summed E-state index contributed by atoms with van der Waals surface area (Å²) in [5, 5.41) is 11.2. The van der Waals surface area contributed by atoms with Gasteiger partial charge in [0.1, 0.15) is 24.3 Å². The van der Waals surface area contributed by atoms with Crippen LogP contribution in [0.25, 0.3) is 0 Å². The van der Waals surface area contributed by atoms with E-state index in [2.05, 4.69) is 15.1 Å². The Morgan fingerprint density at radius 3 is 2.49 bits per heavy atom. The second-order valence-electron chi connectivity index (χ2n) is 10.7. The van der Waals surface area contributed by atoms with Gasteiger partial charge in [-0.25, -0.2) is 0 Å². The van der Waals surface area contributed by atoms with E-state index >= 15 is 0 Å². The van der Waals surface area contributed by atoms with Gasteiger partial charge in [0.2, 0.25) is 5.91 Å². The Morgan fingerprint density at radius 2 is 1.86 bits per heavy atom. The van der Waals surface area contributed by atoms with E-state index in [-0.39, 0.29) is 42.4 Å². The number of carbonyl (C=O) groups is 3. The second kappa shape index (κ2) is 11.3. The molecule has 10 nitrogen and oxygen atoms in total. The number of ether oxygens (including phenoxy) is 2. The quantitative estimate of drug-likeness (QED) is 0.510. The van der Waals surface area contributed by atoms with Crippen LogP contribution in [0.3, 0.4) is 0 Å². The molecule has 1 unspecified atom stereocenters. The Bertz CT molecular complexity index is 1020. The van der Waals surface area contributed by atoms with Crippen LogP contribution in [-0.2, 0) is 19.1 Å². The van der Waals surface area contributed by atoms with Gasteiger partial charge in [0, 0.05) is 51.1 Å². The number of piperazine rings is 1. The molecule has 0 aromatic heterocycles. The molecule has 3 fully saturated rings. The molecule has 0 aliphatic carbocycles. The van der Waals surface area contributed by atoms with Gasteiger partial charge in [-0.2, -0.15) is 0 Å². The number of Topliss-reactive ketones (excluding diaryl/α,β-unsaturated/α-hetero) is 1. The van der Waals surface area contributed by atoms with E-state index in [4.69, 9.17) is 14.9 Å². The Kier molecular flexibility index (Phi) is 8.30. The first-order valence-corrected chi connectivity index (χ1v) is 13.1. The molecule has 202 valence electrons. The fraction of sp³-hybridized carbons (Fsp3) is 0.630. The van der Waals surface area contributed by atoms with Gasteiger partial charge >= 0.3 is 0 Å². The van der Waals surface area contributed by atoms with Gasteiger partial charge in [-0.15, -0.1) is 0 Å². The van der Waals surface area contributed by atoms with E-state index in [1.54, 1.807) is 26.2 Å². The van der Waals surface area contributed by atoms with Gasteiger partial charge in [-0.05, 0) is 43.5 Å². The highest BCUT2D eigenvalue weighted by atomic mass is 16.5. The zero-order valence-corrected chi connectivity index (χ0v) is 22.3. The summed E-state index contributed by atoms with van der Waals surface area (Å²) in [6.45, 7) is 11.0. The van der Waals surface area contributed by atoms with Crippen LogP contribution in [0.2, 0.25) is 0 Å². The van der Waals surface area contributed by atoms with Crippen molar-refractivity contribution in [2.24, 2.45) is 5.92 Å². The lowest BCUT2D eigenvalue weighted by Gasteiger charge is -2.36. The van der Waals surface area contributed by atoms with Crippen molar-refractivity contribution in [1.29, 1.82) is 5.41 Å². The SMILES string of the molecule is COCCN1CCN(c2ccc(C(=O)N[C@@H](CC(C)C)C(=O)N3CC(=N)[C@H]4OCC(=O)C43C)cc2)CC1. The lowest BCUT2D eigenvalue weighted by Crippen LogP contribution is -2.58. The zero-order chi connectivity index (χ0) is 26.7. The first-order valence-electron chi connectivity index (χ1n) is 13.1. The Hall–Kier alpha value is -2.82. The highest BCUT2D eigenvalue weighted by molar-refractivity contribution is 6.09. The van der Waals surface area contributed by atoms with Gasteiger partial charge in [0.15, 0.2) is 5.78 Å². The second-order valence-corrected chi connectivity index (χ2v) is 10.7. The maximum atomic E-state index is 13.6. The van der Waals surface area contributed by atoms with Crippen molar-refractivity contribution in [3.05, 3.63) is 29.8 Å². The van der Waals surface area contributed by atoms with Crippen LogP contribution in [0, 0.1) is 11.3 Å². The summed E-state index contributed by atoms with van der Waals surface area (Å²) >= 11 is 0. The van der Waals surface area contributed by atoms with E-state index in [0.717, 1.165) is 45.0 Å². The number of anilines is 1. The molecule has 1 aromatic rings. The van der Waals surface area contributed by atoms with Crippen LogP contribution in [-0.4, -0.2) is 110 Å². The minimum Gasteiger partial charge on any atom is -0.383 e. The molecule has 3 aliphatic rings. The third-order valence-corrected chi connectivity index (χ3v) is 7.72. The van der Waals surface area contributed by atoms with E-state index in [9.17, 15) is 14.4 Å². The smallest absolute Gasteiger partial charge is 0.251 e. The molecule has 10 heteroatoms. The Labute approximate surface area is 218 Å². The Morgan fingerprint density at radius 1 is 1.19 bits per heavy atom. The minimum atomic E-state index is -1.19. The first kappa shape index (κ1) is 27.2. The average molecular weight is 514 g/mol. The van der Waals surface area contributed by atoms with E-state index < -0.39 is 17.7 Å². The number of amides is 2. The summed E-state index contributed by atoms with van der Waals surface area (Å²) in [6.07, 6.45) is -0.288. The molecule has 37 heavy (non-hydrogen) atoms. The van der Waals surface area contributed by atoms with Gasteiger partial charge < -0.3 is 30.0 Å². The molecule has 0 radical (unpaired) electrons.